The lowest BCUT2D eigenvalue weighted by molar-refractivity contribution is -0.120. The quantitative estimate of drug-likeness (QED) is 0.306. The molecule has 0 saturated heterocycles. The van der Waals surface area contributed by atoms with Crippen molar-refractivity contribution < 1.29 is 9.21 Å². The number of rotatable bonds is 5. The molecule has 5 aromatic rings. The summed E-state index contributed by atoms with van der Waals surface area (Å²) in [6.45, 7) is 4.01. The zero-order valence-electron chi connectivity index (χ0n) is 21.3. The second kappa shape index (κ2) is 9.35. The number of anilines is 2. The number of para-hydroxylation sites is 1. The van der Waals surface area contributed by atoms with Gasteiger partial charge in [0.25, 0.3) is 0 Å². The van der Waals surface area contributed by atoms with Crippen molar-refractivity contribution >= 4 is 33.9 Å². The molecule has 6 rings (SSSR count). The van der Waals surface area contributed by atoms with E-state index >= 15 is 0 Å². The molecule has 0 bridgehead atoms. The molecule has 4 heterocycles. The number of benzene rings is 1. The van der Waals surface area contributed by atoms with E-state index in [4.69, 9.17) is 9.40 Å². The standard InChI is InChI=1S/C29H30N6O2/c1-17-8-13-21(16-32-17)33-29(36)20-11-9-19(10-12-20)28-34-24(25-27(30-3)31-14-15-35(25)28)26-18(2)22-6-4-5-7-23(22)37-26/h4-8,13-16,19-20H,9-12H2,1-3H3,(H,30,31)(H,33,36)/t19-,20-. The van der Waals surface area contributed by atoms with E-state index in [1.807, 2.05) is 50.5 Å². The van der Waals surface area contributed by atoms with Crippen molar-refractivity contribution in [2.75, 3.05) is 17.7 Å². The second-order valence-electron chi connectivity index (χ2n) is 9.84. The third kappa shape index (κ3) is 4.12. The Morgan fingerprint density at radius 1 is 1.05 bits per heavy atom. The lowest BCUT2D eigenvalue weighted by Gasteiger charge is -2.27. The largest absolute Gasteiger partial charge is 0.454 e. The molecule has 1 fully saturated rings. The molecule has 0 spiro atoms. The van der Waals surface area contributed by atoms with Crippen LogP contribution >= 0.6 is 0 Å². The third-order valence-corrected chi connectivity index (χ3v) is 7.52. The number of furan rings is 1. The number of hydrogen-bond donors (Lipinski definition) is 2. The fourth-order valence-corrected chi connectivity index (χ4v) is 5.49. The minimum Gasteiger partial charge on any atom is -0.454 e. The molecule has 1 aliphatic rings. The van der Waals surface area contributed by atoms with E-state index in [9.17, 15) is 4.79 Å². The van der Waals surface area contributed by atoms with Crippen LogP contribution in [0.5, 0.6) is 0 Å². The maximum absolute atomic E-state index is 12.9. The van der Waals surface area contributed by atoms with E-state index in [1.165, 1.54) is 0 Å². The number of nitrogens with zero attached hydrogens (tertiary/aromatic N) is 4. The summed E-state index contributed by atoms with van der Waals surface area (Å²) in [7, 11) is 1.87. The molecule has 0 radical (unpaired) electrons. The summed E-state index contributed by atoms with van der Waals surface area (Å²) in [6, 6.07) is 11.9. The summed E-state index contributed by atoms with van der Waals surface area (Å²) in [5, 5.41) is 7.35. The van der Waals surface area contributed by atoms with Crippen molar-refractivity contribution in [1.29, 1.82) is 0 Å². The average molecular weight is 495 g/mol. The number of fused-ring (bicyclic) bond motifs is 2. The lowest BCUT2D eigenvalue weighted by Crippen LogP contribution is -2.27. The van der Waals surface area contributed by atoms with Gasteiger partial charge < -0.3 is 15.1 Å². The van der Waals surface area contributed by atoms with Crippen LogP contribution in [0.25, 0.3) is 27.9 Å². The Morgan fingerprint density at radius 2 is 1.86 bits per heavy atom. The molecule has 8 heteroatoms. The first-order valence-electron chi connectivity index (χ1n) is 12.8. The first-order chi connectivity index (χ1) is 18.0. The first-order valence-corrected chi connectivity index (χ1v) is 12.8. The second-order valence-corrected chi connectivity index (χ2v) is 9.84. The van der Waals surface area contributed by atoms with Crippen LogP contribution in [0, 0.1) is 19.8 Å². The highest BCUT2D eigenvalue weighted by atomic mass is 16.3. The number of nitrogens with one attached hydrogen (secondary N) is 2. The Kier molecular flexibility index (Phi) is 5.87. The van der Waals surface area contributed by atoms with Crippen molar-refractivity contribution in [3.8, 4) is 11.5 Å². The van der Waals surface area contributed by atoms with Gasteiger partial charge in [0, 0.05) is 47.9 Å². The Bertz CT molecular complexity index is 1590. The van der Waals surface area contributed by atoms with Gasteiger partial charge in [-0.3, -0.25) is 14.2 Å². The van der Waals surface area contributed by atoms with E-state index in [0.29, 0.717) is 0 Å². The van der Waals surface area contributed by atoms with Gasteiger partial charge in [-0.1, -0.05) is 18.2 Å². The smallest absolute Gasteiger partial charge is 0.227 e. The fourth-order valence-electron chi connectivity index (χ4n) is 5.49. The number of pyridine rings is 1. The highest BCUT2D eigenvalue weighted by Gasteiger charge is 2.31. The summed E-state index contributed by atoms with van der Waals surface area (Å²) in [5.41, 5.74) is 5.30. The summed E-state index contributed by atoms with van der Waals surface area (Å²) >= 11 is 0. The van der Waals surface area contributed by atoms with Crippen molar-refractivity contribution in [1.82, 2.24) is 19.4 Å². The normalized spacial score (nSPS) is 17.8. The monoisotopic (exact) mass is 494 g/mol. The number of aryl methyl sites for hydroxylation is 2. The van der Waals surface area contributed by atoms with E-state index in [-0.39, 0.29) is 17.7 Å². The van der Waals surface area contributed by atoms with E-state index in [2.05, 4.69) is 38.0 Å². The Hall–Kier alpha value is -4.20. The number of imidazole rings is 1. The molecule has 0 unspecified atom stereocenters. The number of carbonyl (C=O) groups excluding carboxylic acids is 1. The van der Waals surface area contributed by atoms with Gasteiger partial charge in [-0.25, -0.2) is 9.97 Å². The van der Waals surface area contributed by atoms with Crippen LogP contribution < -0.4 is 10.6 Å². The molecular formula is C29H30N6O2. The van der Waals surface area contributed by atoms with Crippen molar-refractivity contribution in [3.63, 3.8) is 0 Å². The lowest BCUT2D eigenvalue weighted by atomic mass is 9.81. The molecule has 1 amide bonds. The van der Waals surface area contributed by atoms with Gasteiger partial charge >= 0.3 is 0 Å². The van der Waals surface area contributed by atoms with Gasteiger partial charge in [0.2, 0.25) is 5.91 Å². The van der Waals surface area contributed by atoms with Gasteiger partial charge in [0.15, 0.2) is 11.6 Å². The van der Waals surface area contributed by atoms with E-state index in [1.54, 1.807) is 12.4 Å². The minimum absolute atomic E-state index is 0.0181. The maximum atomic E-state index is 12.9. The topological polar surface area (TPSA) is 97.4 Å². The van der Waals surface area contributed by atoms with Crippen LogP contribution in [-0.4, -0.2) is 32.3 Å². The van der Waals surface area contributed by atoms with Crippen LogP contribution in [0.3, 0.4) is 0 Å². The highest BCUT2D eigenvalue weighted by Crippen LogP contribution is 2.41. The van der Waals surface area contributed by atoms with Gasteiger partial charge in [-0.2, -0.15) is 0 Å². The number of hydrogen-bond acceptors (Lipinski definition) is 6. The summed E-state index contributed by atoms with van der Waals surface area (Å²) in [4.78, 5) is 26.9. The molecule has 8 nitrogen and oxygen atoms in total. The highest BCUT2D eigenvalue weighted by molar-refractivity contribution is 5.93. The first kappa shape index (κ1) is 23.2. The SMILES string of the molecule is CNc1nccn2c1c(-c1oc3ccccc3c1C)nc2[C@H]1CC[C@H](C(=O)Nc2ccc(C)nc2)CC1. The van der Waals surface area contributed by atoms with Crippen LogP contribution in [0.15, 0.2) is 59.4 Å². The number of aromatic nitrogens is 4. The minimum atomic E-state index is -0.0181. The number of amides is 1. The maximum Gasteiger partial charge on any atom is 0.227 e. The molecule has 1 saturated carbocycles. The molecule has 2 N–H and O–H groups in total. The molecule has 4 aromatic heterocycles. The Balaban J connectivity index is 1.30. The molecule has 0 atom stereocenters. The van der Waals surface area contributed by atoms with Crippen LogP contribution in [-0.2, 0) is 4.79 Å². The molecular weight excluding hydrogens is 464 g/mol. The van der Waals surface area contributed by atoms with E-state index < -0.39 is 0 Å². The molecule has 37 heavy (non-hydrogen) atoms. The summed E-state index contributed by atoms with van der Waals surface area (Å²) in [6.07, 6.45) is 8.89. The van der Waals surface area contributed by atoms with Crippen molar-refractivity contribution in [2.24, 2.45) is 5.92 Å². The Morgan fingerprint density at radius 3 is 2.59 bits per heavy atom. The van der Waals surface area contributed by atoms with Crippen LogP contribution in [0.4, 0.5) is 11.5 Å². The predicted molar refractivity (Wildman–Crippen MR) is 145 cm³/mol. The van der Waals surface area contributed by atoms with E-state index in [0.717, 1.165) is 82.2 Å². The Labute approximate surface area is 215 Å². The zero-order chi connectivity index (χ0) is 25.5. The summed E-state index contributed by atoms with van der Waals surface area (Å²) < 4.78 is 8.46. The zero-order valence-corrected chi connectivity index (χ0v) is 21.3. The molecule has 1 aliphatic carbocycles. The van der Waals surface area contributed by atoms with Gasteiger partial charge in [-0.05, 0) is 57.7 Å². The average Bonchev–Trinajstić information content (AvgIpc) is 3.48. The van der Waals surface area contributed by atoms with Gasteiger partial charge in [0.1, 0.15) is 22.6 Å². The fraction of sp³-hybridized carbons (Fsp3) is 0.310. The molecule has 0 aliphatic heterocycles. The summed E-state index contributed by atoms with van der Waals surface area (Å²) in [5.74, 6) is 2.81. The number of carbonyl (C=O) groups is 1. The molecule has 1 aromatic carbocycles. The van der Waals surface area contributed by atoms with Crippen molar-refractivity contribution in [2.45, 2.75) is 45.4 Å². The van der Waals surface area contributed by atoms with Crippen molar-refractivity contribution in [3.05, 3.63) is 72.1 Å². The van der Waals surface area contributed by atoms with Crippen LogP contribution in [0.2, 0.25) is 0 Å². The van der Waals surface area contributed by atoms with Crippen LogP contribution in [0.1, 0.15) is 48.7 Å². The molecule has 188 valence electrons. The van der Waals surface area contributed by atoms with Gasteiger partial charge in [0.05, 0.1) is 11.9 Å². The van der Waals surface area contributed by atoms with Gasteiger partial charge in [-0.15, -0.1) is 0 Å². The third-order valence-electron chi connectivity index (χ3n) is 7.52. The predicted octanol–water partition coefficient (Wildman–Crippen LogP) is 6.11.